The Bertz CT molecular complexity index is 685. The molecule has 0 saturated carbocycles. The number of hydrogen-bond donors (Lipinski definition) is 2. The first-order chi connectivity index (χ1) is 12.1. The summed E-state index contributed by atoms with van der Waals surface area (Å²) in [5.41, 5.74) is 0.737. The monoisotopic (exact) mass is 379 g/mol. The summed E-state index contributed by atoms with van der Waals surface area (Å²) in [6.07, 6.45) is 2.38. The second kappa shape index (κ2) is 7.17. The van der Waals surface area contributed by atoms with E-state index in [0.29, 0.717) is 16.9 Å². The second-order valence-electron chi connectivity index (χ2n) is 7.08. The molecule has 1 aromatic carbocycles. The van der Waals surface area contributed by atoms with E-state index in [2.05, 4.69) is 10.6 Å². The van der Waals surface area contributed by atoms with Gasteiger partial charge in [-0.25, -0.2) is 0 Å². The third-order valence-corrected chi connectivity index (χ3v) is 7.00. The van der Waals surface area contributed by atoms with Gasteiger partial charge in [-0.3, -0.25) is 9.59 Å². The van der Waals surface area contributed by atoms with Crippen molar-refractivity contribution < 1.29 is 9.59 Å². The van der Waals surface area contributed by atoms with Crippen LogP contribution in [0.2, 0.25) is 5.02 Å². The number of halogens is 1. The molecule has 3 atom stereocenters. The Morgan fingerprint density at radius 1 is 1.24 bits per heavy atom. The number of likely N-dealkylation sites (tertiary alicyclic amines) is 1. The zero-order chi connectivity index (χ0) is 17.4. The summed E-state index contributed by atoms with van der Waals surface area (Å²) in [5.74, 6) is 1.38. The van der Waals surface area contributed by atoms with Gasteiger partial charge in [-0.15, -0.1) is 11.8 Å². The number of hydrogen-bond acceptors (Lipinski definition) is 4. The Morgan fingerprint density at radius 2 is 1.96 bits per heavy atom. The molecule has 134 valence electrons. The van der Waals surface area contributed by atoms with Gasteiger partial charge in [0.15, 0.2) is 0 Å². The molecule has 0 aliphatic carbocycles. The van der Waals surface area contributed by atoms with Gasteiger partial charge in [0.05, 0.1) is 10.9 Å². The summed E-state index contributed by atoms with van der Waals surface area (Å²) in [6, 6.07) is 5.46. The first-order valence-corrected chi connectivity index (χ1v) is 10.1. The summed E-state index contributed by atoms with van der Waals surface area (Å²) < 4.78 is 0. The van der Waals surface area contributed by atoms with Crippen LogP contribution in [0.1, 0.15) is 19.3 Å². The molecule has 2 fully saturated rings. The number of fused-ring (bicyclic) bond motifs is 2. The van der Waals surface area contributed by atoms with Crippen molar-refractivity contribution in [1.82, 2.24) is 10.2 Å². The highest BCUT2D eigenvalue weighted by Gasteiger charge is 2.34. The molecule has 3 aliphatic rings. The first kappa shape index (κ1) is 17.2. The molecule has 0 radical (unpaired) electrons. The highest BCUT2D eigenvalue weighted by Crippen LogP contribution is 2.38. The number of rotatable bonds is 2. The van der Waals surface area contributed by atoms with Crippen LogP contribution < -0.4 is 10.6 Å². The minimum Gasteiger partial charge on any atom is -0.343 e. The third-order valence-electron chi connectivity index (χ3n) is 5.49. The van der Waals surface area contributed by atoms with E-state index in [4.69, 9.17) is 11.6 Å². The molecule has 25 heavy (non-hydrogen) atoms. The Balaban J connectivity index is 1.39. The molecular weight excluding hydrogens is 358 g/mol. The van der Waals surface area contributed by atoms with Gasteiger partial charge in [0.25, 0.3) is 0 Å². The van der Waals surface area contributed by atoms with E-state index in [1.807, 2.05) is 17.0 Å². The van der Waals surface area contributed by atoms with Gasteiger partial charge < -0.3 is 15.5 Å². The second-order valence-corrected chi connectivity index (χ2v) is 8.76. The number of carbonyl (C=O) groups excluding carboxylic acids is 2. The third kappa shape index (κ3) is 3.66. The lowest BCUT2D eigenvalue weighted by molar-refractivity contribution is -0.132. The molecule has 7 heteroatoms. The van der Waals surface area contributed by atoms with E-state index in [0.717, 1.165) is 49.6 Å². The predicted octanol–water partition coefficient (Wildman–Crippen LogP) is 2.60. The fourth-order valence-corrected chi connectivity index (χ4v) is 5.27. The minimum atomic E-state index is -0.370. The summed E-state index contributed by atoms with van der Waals surface area (Å²) in [7, 11) is 0. The zero-order valence-corrected chi connectivity index (χ0v) is 15.5. The van der Waals surface area contributed by atoms with Crippen LogP contribution in [0.3, 0.4) is 0 Å². The lowest BCUT2D eigenvalue weighted by Crippen LogP contribution is -2.38. The largest absolute Gasteiger partial charge is 0.343 e. The van der Waals surface area contributed by atoms with Crippen LogP contribution in [0.4, 0.5) is 5.69 Å². The topological polar surface area (TPSA) is 61.4 Å². The molecule has 1 aromatic rings. The highest BCUT2D eigenvalue weighted by molar-refractivity contribution is 8.01. The lowest BCUT2D eigenvalue weighted by atomic mass is 9.92. The number of amides is 2. The van der Waals surface area contributed by atoms with Crippen LogP contribution in [0, 0.1) is 11.8 Å². The van der Waals surface area contributed by atoms with Crippen molar-refractivity contribution in [1.29, 1.82) is 0 Å². The molecule has 4 rings (SSSR count). The number of carbonyl (C=O) groups is 2. The molecule has 0 bridgehead atoms. The highest BCUT2D eigenvalue weighted by atomic mass is 35.5. The smallest absolute Gasteiger partial charge is 0.238 e. The zero-order valence-electron chi connectivity index (χ0n) is 14.0. The Morgan fingerprint density at radius 3 is 2.68 bits per heavy atom. The molecule has 2 saturated heterocycles. The van der Waals surface area contributed by atoms with E-state index in [9.17, 15) is 9.59 Å². The lowest BCUT2D eigenvalue weighted by Gasteiger charge is -2.27. The van der Waals surface area contributed by atoms with Gasteiger partial charge >= 0.3 is 0 Å². The van der Waals surface area contributed by atoms with E-state index >= 15 is 0 Å². The molecule has 2 N–H and O–H groups in total. The number of anilines is 1. The van der Waals surface area contributed by atoms with Crippen LogP contribution in [0.15, 0.2) is 23.1 Å². The normalized spacial score (nSPS) is 28.8. The van der Waals surface area contributed by atoms with Gasteiger partial charge in [0.2, 0.25) is 11.8 Å². The molecule has 3 heterocycles. The van der Waals surface area contributed by atoms with Crippen LogP contribution >= 0.6 is 23.4 Å². The molecule has 3 aliphatic heterocycles. The van der Waals surface area contributed by atoms with Crippen LogP contribution in [-0.2, 0) is 9.59 Å². The maximum Gasteiger partial charge on any atom is 0.238 e. The average Bonchev–Trinajstić information content (AvgIpc) is 2.94. The van der Waals surface area contributed by atoms with Crippen molar-refractivity contribution in [3.8, 4) is 0 Å². The van der Waals surface area contributed by atoms with E-state index < -0.39 is 0 Å². The van der Waals surface area contributed by atoms with Gasteiger partial charge in [0, 0.05) is 29.4 Å². The van der Waals surface area contributed by atoms with E-state index in [-0.39, 0.29) is 23.5 Å². The molecule has 2 amide bonds. The van der Waals surface area contributed by atoms with Crippen LogP contribution in [0.25, 0.3) is 0 Å². The first-order valence-electron chi connectivity index (χ1n) is 8.86. The average molecular weight is 380 g/mol. The van der Waals surface area contributed by atoms with Crippen LogP contribution in [-0.4, -0.2) is 48.1 Å². The molecule has 5 nitrogen and oxygen atoms in total. The SMILES string of the molecule is O=C1Nc2cc(Cl)ccc2SC1CC(=O)N1CC[C@@H]2CNC[C@@H]2CC1. The predicted molar refractivity (Wildman–Crippen MR) is 100 cm³/mol. The van der Waals surface area contributed by atoms with Gasteiger partial charge in [0.1, 0.15) is 0 Å². The number of benzene rings is 1. The van der Waals surface area contributed by atoms with Crippen molar-refractivity contribution in [2.24, 2.45) is 11.8 Å². The Hall–Kier alpha value is -1.24. The van der Waals surface area contributed by atoms with Gasteiger partial charge in [-0.2, -0.15) is 0 Å². The maximum absolute atomic E-state index is 12.7. The van der Waals surface area contributed by atoms with Gasteiger partial charge in [-0.05, 0) is 56.0 Å². The Labute approximate surface area is 156 Å². The summed E-state index contributed by atoms with van der Waals surface area (Å²) in [5, 5.41) is 6.56. The summed E-state index contributed by atoms with van der Waals surface area (Å²) in [4.78, 5) is 28.0. The minimum absolute atomic E-state index is 0.0954. The summed E-state index contributed by atoms with van der Waals surface area (Å²) in [6.45, 7) is 3.78. The fraction of sp³-hybridized carbons (Fsp3) is 0.556. The van der Waals surface area contributed by atoms with Crippen molar-refractivity contribution in [3.05, 3.63) is 23.2 Å². The van der Waals surface area contributed by atoms with Crippen molar-refractivity contribution in [2.45, 2.75) is 29.4 Å². The standard InChI is InChI=1S/C18H22ClN3O2S/c19-13-1-2-15-14(7-13)21-18(24)16(25-15)8-17(23)22-5-3-11-9-20-10-12(11)4-6-22/h1-2,7,11-12,16,20H,3-6,8-10H2,(H,21,24)/t11-,12+,16?. The molecular formula is C18H22ClN3O2S. The quantitative estimate of drug-likeness (QED) is 0.829. The van der Waals surface area contributed by atoms with Crippen molar-refractivity contribution >= 4 is 40.9 Å². The fourth-order valence-electron chi connectivity index (χ4n) is 4.01. The van der Waals surface area contributed by atoms with Crippen molar-refractivity contribution in [2.75, 3.05) is 31.5 Å². The number of thioether (sulfide) groups is 1. The van der Waals surface area contributed by atoms with Crippen molar-refractivity contribution in [3.63, 3.8) is 0 Å². The van der Waals surface area contributed by atoms with E-state index in [1.165, 1.54) is 11.8 Å². The number of nitrogens with zero attached hydrogens (tertiary/aromatic N) is 1. The van der Waals surface area contributed by atoms with Gasteiger partial charge in [-0.1, -0.05) is 11.6 Å². The van der Waals surface area contributed by atoms with Crippen LogP contribution in [0.5, 0.6) is 0 Å². The number of nitrogens with one attached hydrogen (secondary N) is 2. The molecule has 0 spiro atoms. The molecule has 1 unspecified atom stereocenters. The summed E-state index contributed by atoms with van der Waals surface area (Å²) >= 11 is 7.44. The molecule has 0 aromatic heterocycles. The maximum atomic E-state index is 12.7. The van der Waals surface area contributed by atoms with E-state index in [1.54, 1.807) is 6.07 Å². The Kier molecular flexibility index (Phi) is 4.93.